The van der Waals surface area contributed by atoms with E-state index in [9.17, 15) is 0 Å². The maximum absolute atomic E-state index is 3.51. The van der Waals surface area contributed by atoms with Gasteiger partial charge in [-0.15, -0.1) is 11.8 Å². The molecule has 0 saturated heterocycles. The Morgan fingerprint density at radius 3 is 1.33 bits per heavy atom. The summed E-state index contributed by atoms with van der Waals surface area (Å²) in [4.78, 5) is 0. The standard InChI is InChI=1S/C18H20Br2S/c1-3-17(13-5-9-15(19)10-6-13)21-18(4-2)14-7-11-16(20)12-8-14/h5-12,17-18H,3-4H2,1-2H3. The topological polar surface area (TPSA) is 0 Å². The average molecular weight is 428 g/mol. The quantitative estimate of drug-likeness (QED) is 0.458. The van der Waals surface area contributed by atoms with E-state index >= 15 is 0 Å². The third kappa shape index (κ3) is 4.87. The van der Waals surface area contributed by atoms with Crippen molar-refractivity contribution in [3.8, 4) is 0 Å². The first-order valence-electron chi connectivity index (χ1n) is 7.30. The van der Waals surface area contributed by atoms with Crippen LogP contribution in [0.3, 0.4) is 0 Å². The second-order valence-electron chi connectivity index (χ2n) is 5.03. The highest BCUT2D eigenvalue weighted by Crippen LogP contribution is 2.44. The average Bonchev–Trinajstić information content (AvgIpc) is 2.51. The van der Waals surface area contributed by atoms with Gasteiger partial charge in [-0.3, -0.25) is 0 Å². The van der Waals surface area contributed by atoms with Crippen LogP contribution >= 0.6 is 43.6 Å². The summed E-state index contributed by atoms with van der Waals surface area (Å²) in [6, 6.07) is 17.5. The second-order valence-corrected chi connectivity index (χ2v) is 8.27. The Morgan fingerprint density at radius 2 is 1.05 bits per heavy atom. The zero-order valence-corrected chi connectivity index (χ0v) is 16.3. The molecule has 0 spiro atoms. The molecule has 2 atom stereocenters. The fourth-order valence-corrected chi connectivity index (χ4v) is 4.31. The van der Waals surface area contributed by atoms with Crippen molar-refractivity contribution in [1.29, 1.82) is 0 Å². The van der Waals surface area contributed by atoms with Crippen molar-refractivity contribution in [1.82, 2.24) is 0 Å². The van der Waals surface area contributed by atoms with Crippen LogP contribution in [0.1, 0.15) is 48.3 Å². The minimum atomic E-state index is 0.548. The molecule has 0 aliphatic heterocycles. The molecule has 112 valence electrons. The first kappa shape index (κ1) is 17.1. The molecule has 2 unspecified atom stereocenters. The van der Waals surface area contributed by atoms with E-state index in [2.05, 4.69) is 106 Å². The highest BCUT2D eigenvalue weighted by atomic mass is 79.9. The van der Waals surface area contributed by atoms with Crippen LogP contribution in [-0.2, 0) is 0 Å². The molecule has 0 heterocycles. The Balaban J connectivity index is 2.15. The molecule has 0 aliphatic rings. The van der Waals surface area contributed by atoms with E-state index < -0.39 is 0 Å². The summed E-state index contributed by atoms with van der Waals surface area (Å²) < 4.78 is 2.29. The van der Waals surface area contributed by atoms with Gasteiger partial charge in [0.2, 0.25) is 0 Å². The predicted octanol–water partition coefficient (Wildman–Crippen LogP) is 7.55. The largest absolute Gasteiger partial charge is 0.146 e. The molecular formula is C18H20Br2S. The van der Waals surface area contributed by atoms with Crippen LogP contribution in [0.2, 0.25) is 0 Å². The first-order valence-corrected chi connectivity index (χ1v) is 9.83. The van der Waals surface area contributed by atoms with Crippen molar-refractivity contribution in [2.45, 2.75) is 37.2 Å². The van der Waals surface area contributed by atoms with Crippen LogP contribution in [0.5, 0.6) is 0 Å². The van der Waals surface area contributed by atoms with E-state index in [1.54, 1.807) is 0 Å². The maximum Gasteiger partial charge on any atom is 0.0300 e. The van der Waals surface area contributed by atoms with E-state index in [-0.39, 0.29) is 0 Å². The lowest BCUT2D eigenvalue weighted by molar-refractivity contribution is 0.847. The molecule has 2 aromatic rings. The van der Waals surface area contributed by atoms with Gasteiger partial charge in [0, 0.05) is 19.4 Å². The molecule has 0 bridgehead atoms. The van der Waals surface area contributed by atoms with E-state index in [1.807, 2.05) is 0 Å². The Bertz CT molecular complexity index is 497. The molecule has 0 amide bonds. The van der Waals surface area contributed by atoms with Gasteiger partial charge < -0.3 is 0 Å². The molecular weight excluding hydrogens is 408 g/mol. The molecule has 2 rings (SSSR count). The molecule has 3 heteroatoms. The van der Waals surface area contributed by atoms with Crippen molar-refractivity contribution < 1.29 is 0 Å². The number of thioether (sulfide) groups is 1. The van der Waals surface area contributed by atoms with Gasteiger partial charge in [-0.1, -0.05) is 70.0 Å². The van der Waals surface area contributed by atoms with Gasteiger partial charge in [0.25, 0.3) is 0 Å². The molecule has 0 saturated carbocycles. The maximum atomic E-state index is 3.51. The van der Waals surface area contributed by atoms with E-state index in [1.165, 1.54) is 11.1 Å². The van der Waals surface area contributed by atoms with Gasteiger partial charge in [0.05, 0.1) is 0 Å². The third-order valence-electron chi connectivity index (χ3n) is 3.55. The van der Waals surface area contributed by atoms with Crippen LogP contribution in [0.15, 0.2) is 57.5 Å². The van der Waals surface area contributed by atoms with Crippen LogP contribution in [0, 0.1) is 0 Å². The molecule has 0 fully saturated rings. The molecule has 0 aliphatic carbocycles. The fourth-order valence-electron chi connectivity index (χ4n) is 2.37. The summed E-state index contributed by atoms with van der Waals surface area (Å²) >= 11 is 9.10. The Morgan fingerprint density at radius 1 is 0.714 bits per heavy atom. The zero-order chi connectivity index (χ0) is 15.2. The normalized spacial score (nSPS) is 13.9. The molecule has 0 nitrogen and oxygen atoms in total. The summed E-state index contributed by atoms with van der Waals surface area (Å²) in [5.41, 5.74) is 2.84. The fraction of sp³-hybridized carbons (Fsp3) is 0.333. The Labute approximate surface area is 149 Å². The summed E-state index contributed by atoms with van der Waals surface area (Å²) in [7, 11) is 0. The van der Waals surface area contributed by atoms with E-state index in [0.717, 1.165) is 21.8 Å². The van der Waals surface area contributed by atoms with Gasteiger partial charge in [-0.2, -0.15) is 0 Å². The minimum absolute atomic E-state index is 0.548. The van der Waals surface area contributed by atoms with Crippen molar-refractivity contribution in [3.63, 3.8) is 0 Å². The number of halogens is 2. The lowest BCUT2D eigenvalue weighted by atomic mass is 10.1. The molecule has 2 aromatic carbocycles. The molecule has 0 aromatic heterocycles. The molecule has 0 radical (unpaired) electrons. The minimum Gasteiger partial charge on any atom is -0.146 e. The van der Waals surface area contributed by atoms with Crippen molar-refractivity contribution in [2.24, 2.45) is 0 Å². The lowest BCUT2D eigenvalue weighted by Gasteiger charge is -2.22. The number of hydrogen-bond acceptors (Lipinski definition) is 1. The summed E-state index contributed by atoms with van der Waals surface area (Å²) in [6.45, 7) is 4.54. The first-order chi connectivity index (χ1) is 10.1. The summed E-state index contributed by atoms with van der Waals surface area (Å²) in [6.07, 6.45) is 2.30. The third-order valence-corrected chi connectivity index (χ3v) is 6.48. The Hall–Kier alpha value is -0.250. The van der Waals surface area contributed by atoms with Crippen LogP contribution < -0.4 is 0 Å². The van der Waals surface area contributed by atoms with Crippen molar-refractivity contribution in [2.75, 3.05) is 0 Å². The summed E-state index contributed by atoms with van der Waals surface area (Å²) in [5.74, 6) is 0. The van der Waals surface area contributed by atoms with Gasteiger partial charge in [0.1, 0.15) is 0 Å². The second kappa shape index (κ2) is 8.40. The number of hydrogen-bond donors (Lipinski definition) is 0. The number of benzene rings is 2. The van der Waals surface area contributed by atoms with E-state index in [0.29, 0.717) is 10.5 Å². The highest BCUT2D eigenvalue weighted by molar-refractivity contribution is 9.10. The van der Waals surface area contributed by atoms with E-state index in [4.69, 9.17) is 0 Å². The smallest absolute Gasteiger partial charge is 0.0300 e. The molecule has 21 heavy (non-hydrogen) atoms. The van der Waals surface area contributed by atoms with Gasteiger partial charge >= 0.3 is 0 Å². The monoisotopic (exact) mass is 426 g/mol. The highest BCUT2D eigenvalue weighted by Gasteiger charge is 2.17. The van der Waals surface area contributed by atoms with Crippen LogP contribution in [0.25, 0.3) is 0 Å². The van der Waals surface area contributed by atoms with Crippen molar-refractivity contribution >= 4 is 43.6 Å². The van der Waals surface area contributed by atoms with Crippen LogP contribution in [0.4, 0.5) is 0 Å². The predicted molar refractivity (Wildman–Crippen MR) is 102 cm³/mol. The zero-order valence-electron chi connectivity index (χ0n) is 12.4. The lowest BCUT2D eigenvalue weighted by Crippen LogP contribution is -1.99. The van der Waals surface area contributed by atoms with Gasteiger partial charge in [0.15, 0.2) is 0 Å². The Kier molecular flexibility index (Phi) is 6.84. The van der Waals surface area contributed by atoms with Crippen LogP contribution in [-0.4, -0.2) is 0 Å². The molecule has 0 N–H and O–H groups in total. The van der Waals surface area contributed by atoms with Gasteiger partial charge in [-0.25, -0.2) is 0 Å². The SMILES string of the molecule is CCC(SC(CC)c1ccc(Br)cc1)c1ccc(Br)cc1. The van der Waals surface area contributed by atoms with Gasteiger partial charge in [-0.05, 0) is 48.2 Å². The number of rotatable bonds is 6. The van der Waals surface area contributed by atoms with Crippen molar-refractivity contribution in [3.05, 3.63) is 68.6 Å². The summed E-state index contributed by atoms with van der Waals surface area (Å²) in [5, 5.41) is 1.10.